The van der Waals surface area contributed by atoms with Crippen molar-refractivity contribution in [2.75, 3.05) is 33.4 Å². The number of aryl methyl sites for hydroxylation is 1. The summed E-state index contributed by atoms with van der Waals surface area (Å²) in [5.74, 6) is 0.861. The van der Waals surface area contributed by atoms with Crippen LogP contribution in [0.1, 0.15) is 29.0 Å². The monoisotopic (exact) mass is 331 g/mol. The lowest BCUT2D eigenvalue weighted by Gasteiger charge is -2.37. The van der Waals surface area contributed by atoms with Gasteiger partial charge in [-0.1, -0.05) is 0 Å². The predicted molar refractivity (Wildman–Crippen MR) is 87.3 cm³/mol. The second-order valence-electron chi connectivity index (χ2n) is 6.30. The fourth-order valence-electron chi connectivity index (χ4n) is 3.59. The van der Waals surface area contributed by atoms with E-state index in [9.17, 15) is 4.79 Å². The highest BCUT2D eigenvalue weighted by molar-refractivity contribution is 6.07. The molecule has 128 valence electrons. The maximum absolute atomic E-state index is 13.0. The molecule has 2 fully saturated rings. The van der Waals surface area contributed by atoms with Gasteiger partial charge in [0.1, 0.15) is 17.1 Å². The molecular weight excluding hydrogens is 310 g/mol. The summed E-state index contributed by atoms with van der Waals surface area (Å²) in [4.78, 5) is 14.9. The minimum Gasteiger partial charge on any atom is -0.497 e. The van der Waals surface area contributed by atoms with Crippen molar-refractivity contribution in [2.24, 2.45) is 0 Å². The third kappa shape index (κ3) is 2.46. The van der Waals surface area contributed by atoms with Crippen LogP contribution in [0.4, 0.5) is 0 Å². The van der Waals surface area contributed by atoms with Crippen LogP contribution in [-0.2, 0) is 9.47 Å². The van der Waals surface area contributed by atoms with Crippen molar-refractivity contribution in [2.45, 2.75) is 25.6 Å². The van der Waals surface area contributed by atoms with Crippen LogP contribution in [-0.4, -0.2) is 50.0 Å². The minimum absolute atomic E-state index is 0.00708. The lowest BCUT2D eigenvalue weighted by atomic mass is 10.0. The molecule has 6 heteroatoms. The normalized spacial score (nSPS) is 20.0. The molecule has 2 aliphatic heterocycles. The molecule has 24 heavy (non-hydrogen) atoms. The first-order valence-corrected chi connectivity index (χ1v) is 8.26. The van der Waals surface area contributed by atoms with E-state index >= 15 is 0 Å². The molecule has 0 saturated carbocycles. The zero-order valence-electron chi connectivity index (χ0n) is 14.0. The van der Waals surface area contributed by atoms with Gasteiger partial charge in [0.15, 0.2) is 5.79 Å². The summed E-state index contributed by atoms with van der Waals surface area (Å²) in [6.45, 7) is 4.34. The maximum Gasteiger partial charge on any atom is 0.258 e. The van der Waals surface area contributed by atoms with Gasteiger partial charge in [0.2, 0.25) is 0 Å². The lowest BCUT2D eigenvalue weighted by Crippen LogP contribution is -2.47. The average Bonchev–Trinajstić information content (AvgIpc) is 3.18. The van der Waals surface area contributed by atoms with Crippen LogP contribution in [0.15, 0.2) is 22.6 Å². The number of rotatable bonds is 2. The fourth-order valence-corrected chi connectivity index (χ4v) is 3.59. The summed E-state index contributed by atoms with van der Waals surface area (Å²) in [5, 5.41) is 0.797. The molecule has 2 saturated heterocycles. The van der Waals surface area contributed by atoms with E-state index in [0.29, 0.717) is 61.8 Å². The van der Waals surface area contributed by atoms with Gasteiger partial charge in [-0.25, -0.2) is 0 Å². The second kappa shape index (κ2) is 5.79. The number of fused-ring (bicyclic) bond motifs is 1. The largest absolute Gasteiger partial charge is 0.497 e. The molecule has 3 heterocycles. The maximum atomic E-state index is 13.0. The Morgan fingerprint density at radius 1 is 1.21 bits per heavy atom. The number of ether oxygens (including phenoxy) is 3. The minimum atomic E-state index is -0.479. The van der Waals surface area contributed by atoms with E-state index in [4.69, 9.17) is 18.6 Å². The van der Waals surface area contributed by atoms with Crippen LogP contribution in [0.2, 0.25) is 0 Å². The molecule has 0 radical (unpaired) electrons. The quantitative estimate of drug-likeness (QED) is 0.847. The number of hydrogen-bond acceptors (Lipinski definition) is 5. The van der Waals surface area contributed by atoms with Gasteiger partial charge in [-0.3, -0.25) is 4.79 Å². The summed E-state index contributed by atoms with van der Waals surface area (Å²) in [6.07, 6.45) is 1.41. The molecule has 1 aromatic carbocycles. The Morgan fingerprint density at radius 2 is 1.92 bits per heavy atom. The third-order valence-corrected chi connectivity index (χ3v) is 4.91. The topological polar surface area (TPSA) is 61.1 Å². The fraction of sp³-hybridized carbons (Fsp3) is 0.500. The highest BCUT2D eigenvalue weighted by Gasteiger charge is 2.41. The standard InChI is InChI=1S/C18H21NO5/c1-12-16(14-11-13(21-2)3-4-15(14)24-12)17(20)19-7-5-18(6-8-19)22-9-10-23-18/h3-4,11H,5-10H2,1-2H3. The van der Waals surface area contributed by atoms with Crippen molar-refractivity contribution in [1.82, 2.24) is 4.90 Å². The number of likely N-dealkylation sites (tertiary alicyclic amines) is 1. The summed E-state index contributed by atoms with van der Waals surface area (Å²) in [7, 11) is 1.61. The Labute approximate surface area is 140 Å². The van der Waals surface area contributed by atoms with Crippen LogP contribution in [0.5, 0.6) is 5.75 Å². The van der Waals surface area contributed by atoms with E-state index < -0.39 is 5.79 Å². The summed E-state index contributed by atoms with van der Waals surface area (Å²) in [6, 6.07) is 5.52. The predicted octanol–water partition coefficient (Wildman–Crippen LogP) is 2.73. The van der Waals surface area contributed by atoms with Gasteiger partial charge in [0, 0.05) is 31.3 Å². The third-order valence-electron chi connectivity index (χ3n) is 4.91. The van der Waals surface area contributed by atoms with Crippen molar-refractivity contribution in [3.05, 3.63) is 29.5 Å². The Balaban J connectivity index is 1.60. The number of carbonyl (C=O) groups is 1. The molecule has 0 N–H and O–H groups in total. The molecule has 2 aliphatic rings. The molecule has 6 nitrogen and oxygen atoms in total. The van der Waals surface area contributed by atoms with Crippen molar-refractivity contribution >= 4 is 16.9 Å². The molecule has 1 amide bonds. The molecular formula is C18H21NO5. The lowest BCUT2D eigenvalue weighted by molar-refractivity contribution is -0.181. The van der Waals surface area contributed by atoms with E-state index in [-0.39, 0.29) is 5.91 Å². The van der Waals surface area contributed by atoms with Crippen LogP contribution >= 0.6 is 0 Å². The van der Waals surface area contributed by atoms with Gasteiger partial charge < -0.3 is 23.5 Å². The number of furan rings is 1. The van der Waals surface area contributed by atoms with Gasteiger partial charge in [-0.05, 0) is 25.1 Å². The first-order valence-electron chi connectivity index (χ1n) is 8.26. The number of hydrogen-bond donors (Lipinski definition) is 0. The number of piperidine rings is 1. The van der Waals surface area contributed by atoms with Gasteiger partial charge in [0.05, 0.1) is 25.9 Å². The molecule has 0 atom stereocenters. The van der Waals surface area contributed by atoms with Crippen LogP contribution in [0.3, 0.4) is 0 Å². The first kappa shape index (κ1) is 15.5. The van der Waals surface area contributed by atoms with Gasteiger partial charge >= 0.3 is 0 Å². The summed E-state index contributed by atoms with van der Waals surface area (Å²) < 4.78 is 22.5. The van der Waals surface area contributed by atoms with E-state index in [1.54, 1.807) is 7.11 Å². The van der Waals surface area contributed by atoms with E-state index in [1.165, 1.54) is 0 Å². The number of carbonyl (C=O) groups excluding carboxylic acids is 1. The second-order valence-corrected chi connectivity index (χ2v) is 6.30. The van der Waals surface area contributed by atoms with Crippen LogP contribution in [0.25, 0.3) is 11.0 Å². The van der Waals surface area contributed by atoms with Gasteiger partial charge in [0.25, 0.3) is 5.91 Å². The molecule has 1 spiro atoms. The van der Waals surface area contributed by atoms with Gasteiger partial charge in [-0.2, -0.15) is 0 Å². The number of methoxy groups -OCH3 is 1. The SMILES string of the molecule is COc1ccc2oc(C)c(C(=O)N3CCC4(CC3)OCCO4)c2c1. The first-order chi connectivity index (χ1) is 11.6. The van der Waals surface area contributed by atoms with E-state index in [2.05, 4.69) is 0 Å². The molecule has 4 rings (SSSR count). The zero-order chi connectivity index (χ0) is 16.7. The zero-order valence-corrected chi connectivity index (χ0v) is 14.0. The van der Waals surface area contributed by atoms with Crippen molar-refractivity contribution in [1.29, 1.82) is 0 Å². The Morgan fingerprint density at radius 3 is 2.58 bits per heavy atom. The van der Waals surface area contributed by atoms with Crippen molar-refractivity contribution in [3.8, 4) is 5.75 Å². The Bertz CT molecular complexity index is 765. The Hall–Kier alpha value is -2.05. The molecule has 2 aromatic rings. The van der Waals surface area contributed by atoms with Crippen molar-refractivity contribution < 1.29 is 23.4 Å². The van der Waals surface area contributed by atoms with E-state index in [0.717, 1.165) is 5.39 Å². The summed E-state index contributed by atoms with van der Waals surface area (Å²) >= 11 is 0. The number of nitrogens with zero attached hydrogens (tertiary/aromatic N) is 1. The highest BCUT2D eigenvalue weighted by Crippen LogP contribution is 2.34. The summed E-state index contributed by atoms with van der Waals surface area (Å²) in [5.41, 5.74) is 1.32. The van der Waals surface area contributed by atoms with Crippen LogP contribution in [0, 0.1) is 6.92 Å². The van der Waals surface area contributed by atoms with Crippen molar-refractivity contribution in [3.63, 3.8) is 0 Å². The molecule has 0 unspecified atom stereocenters. The smallest absolute Gasteiger partial charge is 0.258 e. The van der Waals surface area contributed by atoms with Gasteiger partial charge in [-0.15, -0.1) is 0 Å². The average molecular weight is 331 g/mol. The Kier molecular flexibility index (Phi) is 3.73. The molecule has 0 aliphatic carbocycles. The van der Waals surface area contributed by atoms with Crippen LogP contribution < -0.4 is 4.74 Å². The molecule has 0 bridgehead atoms. The van der Waals surface area contributed by atoms with E-state index in [1.807, 2.05) is 30.0 Å². The number of benzene rings is 1. The number of amides is 1. The highest BCUT2D eigenvalue weighted by atomic mass is 16.7. The molecule has 1 aromatic heterocycles.